The van der Waals surface area contributed by atoms with Crippen molar-refractivity contribution in [1.29, 1.82) is 0 Å². The van der Waals surface area contributed by atoms with E-state index in [2.05, 4.69) is 10.3 Å². The van der Waals surface area contributed by atoms with Gasteiger partial charge >= 0.3 is 11.9 Å². The van der Waals surface area contributed by atoms with Crippen LogP contribution < -0.4 is 5.32 Å². The largest absolute Gasteiger partial charge is 0.481 e. The van der Waals surface area contributed by atoms with Gasteiger partial charge in [0, 0.05) is 17.3 Å². The number of aromatic amines is 1. The quantitative estimate of drug-likeness (QED) is 0.444. The Hall–Kier alpha value is -2.84. The van der Waals surface area contributed by atoms with E-state index in [-0.39, 0.29) is 12.3 Å². The molecule has 0 unspecified atom stereocenters. The highest BCUT2D eigenvalue weighted by Crippen LogP contribution is 2.38. The van der Waals surface area contributed by atoms with Gasteiger partial charge in [0.2, 0.25) is 0 Å². The number of halogens is 1. The Balaban J connectivity index is 1.58. The second-order valence-electron chi connectivity index (χ2n) is 7.07. The fraction of sp³-hybridized carbons (Fsp3) is 0.250. The maximum atomic E-state index is 12.8. The molecule has 0 bridgehead atoms. The first kappa shape index (κ1) is 19.5. The van der Waals surface area contributed by atoms with Crippen molar-refractivity contribution in [3.8, 4) is 0 Å². The Labute approximate surface area is 174 Å². The first-order valence-electron chi connectivity index (χ1n) is 8.96. The Morgan fingerprint density at radius 2 is 1.93 bits per heavy atom. The molecule has 1 aromatic carbocycles. The molecule has 1 aliphatic rings. The van der Waals surface area contributed by atoms with Crippen LogP contribution in [-0.4, -0.2) is 39.1 Å². The van der Waals surface area contributed by atoms with Gasteiger partial charge in [0.15, 0.2) is 5.92 Å². The summed E-state index contributed by atoms with van der Waals surface area (Å²) in [4.78, 5) is 39.4. The topological polar surface area (TPSA) is 119 Å². The number of rotatable bonds is 6. The summed E-state index contributed by atoms with van der Waals surface area (Å²) in [5.41, 5.74) is 2.24. The number of aliphatic carboxylic acids is 2. The molecule has 0 saturated heterocycles. The summed E-state index contributed by atoms with van der Waals surface area (Å²) in [6.45, 7) is 0. The minimum Gasteiger partial charge on any atom is -0.481 e. The van der Waals surface area contributed by atoms with Gasteiger partial charge in [-0.25, -0.2) is 0 Å². The Kier molecular flexibility index (Phi) is 5.06. The van der Waals surface area contributed by atoms with E-state index >= 15 is 0 Å². The van der Waals surface area contributed by atoms with Gasteiger partial charge in [0.1, 0.15) is 10.5 Å². The van der Waals surface area contributed by atoms with E-state index in [1.807, 2.05) is 24.3 Å². The smallest absolute Gasteiger partial charge is 0.317 e. The highest BCUT2D eigenvalue weighted by atomic mass is 35.5. The van der Waals surface area contributed by atoms with Crippen molar-refractivity contribution in [2.24, 2.45) is 5.92 Å². The summed E-state index contributed by atoms with van der Waals surface area (Å²) in [5, 5.41) is 22.4. The van der Waals surface area contributed by atoms with Crippen LogP contribution in [0.2, 0.25) is 4.34 Å². The first-order valence-corrected chi connectivity index (χ1v) is 10.1. The Morgan fingerprint density at radius 3 is 2.62 bits per heavy atom. The highest BCUT2D eigenvalue weighted by Gasteiger charge is 2.39. The van der Waals surface area contributed by atoms with E-state index in [4.69, 9.17) is 11.6 Å². The average molecular weight is 433 g/mol. The second kappa shape index (κ2) is 7.53. The van der Waals surface area contributed by atoms with Gasteiger partial charge in [0.05, 0.1) is 4.34 Å². The molecule has 0 aliphatic heterocycles. The zero-order valence-electron chi connectivity index (χ0n) is 15.0. The number of nitrogens with one attached hydrogen (secondary N) is 2. The highest BCUT2D eigenvalue weighted by molar-refractivity contribution is 7.22. The SMILES string of the molecule is O=C(N[C@@H]1Cc2ccccc2[C@H]1CC(C(=O)O)C(=O)O)c1cc2cc(Cl)sc2[nH]1. The molecule has 0 spiro atoms. The summed E-state index contributed by atoms with van der Waals surface area (Å²) < 4.78 is 0.623. The predicted molar refractivity (Wildman–Crippen MR) is 109 cm³/mol. The van der Waals surface area contributed by atoms with Gasteiger partial charge in [-0.05, 0) is 36.1 Å². The number of carboxylic acid groups (broad SMARTS) is 2. The van der Waals surface area contributed by atoms with E-state index in [1.54, 1.807) is 12.1 Å². The summed E-state index contributed by atoms with van der Waals surface area (Å²) in [6.07, 6.45) is 0.418. The summed E-state index contributed by atoms with van der Waals surface area (Å²) in [5.74, 6) is -5.03. The van der Waals surface area contributed by atoms with Crippen molar-refractivity contribution in [1.82, 2.24) is 10.3 Å². The lowest BCUT2D eigenvalue weighted by Crippen LogP contribution is -2.39. The van der Waals surface area contributed by atoms with Crippen LogP contribution in [0.25, 0.3) is 10.2 Å². The van der Waals surface area contributed by atoms with Crippen LogP contribution in [0.5, 0.6) is 0 Å². The van der Waals surface area contributed by atoms with Crippen molar-refractivity contribution >= 4 is 51.0 Å². The van der Waals surface area contributed by atoms with Gasteiger partial charge < -0.3 is 20.5 Å². The number of H-pyrrole nitrogens is 1. The van der Waals surface area contributed by atoms with Gasteiger partial charge in [-0.15, -0.1) is 11.3 Å². The van der Waals surface area contributed by atoms with E-state index < -0.39 is 29.8 Å². The van der Waals surface area contributed by atoms with Gasteiger partial charge in [0.25, 0.3) is 5.91 Å². The fourth-order valence-corrected chi connectivity index (χ4v) is 5.07. The molecule has 29 heavy (non-hydrogen) atoms. The third-order valence-electron chi connectivity index (χ3n) is 5.31. The molecule has 4 rings (SSSR count). The van der Waals surface area contributed by atoms with Crippen LogP contribution in [0.1, 0.15) is 34.0 Å². The third kappa shape index (κ3) is 3.73. The number of aromatic nitrogens is 1. The van der Waals surface area contributed by atoms with E-state index in [0.29, 0.717) is 16.5 Å². The normalized spacial score (nSPS) is 18.1. The standard InChI is InChI=1S/C20H17ClN2O5S/c21-16-7-10-6-15(23-18(10)29-16)17(24)22-14-5-9-3-1-2-4-11(9)12(14)8-13(19(25)26)20(27)28/h1-4,6-7,12-14,23H,5,8H2,(H,22,24)(H,25,26)(H,27,28)/t12-,14-/m1/s1. The lowest BCUT2D eigenvalue weighted by molar-refractivity contribution is -0.155. The number of benzene rings is 1. The molecule has 2 heterocycles. The molecular weight excluding hydrogens is 416 g/mol. The average Bonchev–Trinajstić information content (AvgIpc) is 3.29. The number of fused-ring (bicyclic) bond motifs is 2. The minimum atomic E-state index is -1.54. The van der Waals surface area contributed by atoms with E-state index in [1.165, 1.54) is 11.3 Å². The van der Waals surface area contributed by atoms with Gasteiger partial charge in [-0.1, -0.05) is 35.9 Å². The monoisotopic (exact) mass is 432 g/mol. The molecule has 1 aliphatic carbocycles. The van der Waals surface area contributed by atoms with Crippen LogP contribution in [0, 0.1) is 5.92 Å². The summed E-state index contributed by atoms with van der Waals surface area (Å²) in [7, 11) is 0. The Morgan fingerprint density at radius 1 is 1.21 bits per heavy atom. The van der Waals surface area contributed by atoms with Gasteiger partial charge in [-0.3, -0.25) is 14.4 Å². The number of amides is 1. The number of carbonyl (C=O) groups excluding carboxylic acids is 1. The lowest BCUT2D eigenvalue weighted by atomic mass is 9.87. The lowest BCUT2D eigenvalue weighted by Gasteiger charge is -2.23. The first-order chi connectivity index (χ1) is 13.8. The summed E-state index contributed by atoms with van der Waals surface area (Å²) >= 11 is 7.30. The van der Waals surface area contributed by atoms with E-state index in [0.717, 1.165) is 21.3 Å². The van der Waals surface area contributed by atoms with Crippen molar-refractivity contribution in [3.05, 3.63) is 57.6 Å². The molecule has 2 atom stereocenters. The number of carboxylic acids is 2. The molecule has 4 N–H and O–H groups in total. The molecule has 0 fully saturated rings. The van der Waals surface area contributed by atoms with Crippen LogP contribution >= 0.6 is 22.9 Å². The van der Waals surface area contributed by atoms with Crippen LogP contribution in [0.4, 0.5) is 0 Å². The molecular formula is C20H17ClN2O5S. The fourth-order valence-electron chi connectivity index (χ4n) is 3.94. The Bertz CT molecular complexity index is 1080. The molecule has 0 radical (unpaired) electrons. The molecule has 0 saturated carbocycles. The number of hydrogen-bond donors (Lipinski definition) is 4. The van der Waals surface area contributed by atoms with Crippen molar-refractivity contribution in [3.63, 3.8) is 0 Å². The molecule has 2 aromatic heterocycles. The maximum Gasteiger partial charge on any atom is 0.317 e. The maximum absolute atomic E-state index is 12.8. The second-order valence-corrected chi connectivity index (χ2v) is 8.76. The number of hydrogen-bond acceptors (Lipinski definition) is 4. The van der Waals surface area contributed by atoms with Crippen molar-refractivity contribution in [2.45, 2.75) is 24.8 Å². The number of thiophene rings is 1. The molecule has 1 amide bonds. The third-order valence-corrected chi connectivity index (χ3v) is 6.50. The summed E-state index contributed by atoms with van der Waals surface area (Å²) in [6, 6.07) is 10.6. The molecule has 3 aromatic rings. The van der Waals surface area contributed by atoms with Crippen LogP contribution in [0.3, 0.4) is 0 Å². The number of carbonyl (C=O) groups is 3. The predicted octanol–water partition coefficient (Wildman–Crippen LogP) is 3.50. The minimum absolute atomic E-state index is 0.0952. The van der Waals surface area contributed by atoms with Crippen molar-refractivity contribution in [2.75, 3.05) is 0 Å². The molecule has 150 valence electrons. The van der Waals surface area contributed by atoms with E-state index in [9.17, 15) is 24.6 Å². The zero-order chi connectivity index (χ0) is 20.7. The molecule has 9 heteroatoms. The van der Waals surface area contributed by atoms with Crippen LogP contribution in [0.15, 0.2) is 36.4 Å². The zero-order valence-corrected chi connectivity index (χ0v) is 16.6. The van der Waals surface area contributed by atoms with Gasteiger partial charge in [-0.2, -0.15) is 0 Å². The van der Waals surface area contributed by atoms with Crippen molar-refractivity contribution < 1.29 is 24.6 Å². The molecule has 7 nitrogen and oxygen atoms in total. The van der Waals surface area contributed by atoms with Crippen LogP contribution in [-0.2, 0) is 16.0 Å².